The molecule has 0 saturated heterocycles. The second-order valence-electron chi connectivity index (χ2n) is 7.68. The van der Waals surface area contributed by atoms with Crippen molar-refractivity contribution in [2.24, 2.45) is 16.2 Å². The normalized spacial score (nSPS) is 30.5. The molecule has 128 valence electrons. The molecule has 1 aromatic carbocycles. The van der Waals surface area contributed by atoms with Crippen LogP contribution in [0.2, 0.25) is 0 Å². The average Bonchev–Trinajstić information content (AvgIpc) is 2.79. The molecule has 1 aromatic rings. The minimum Gasteiger partial charge on any atom is -0.495 e. The minimum atomic E-state index is -1.30. The Morgan fingerprint density at radius 3 is 2.33 bits per heavy atom. The fourth-order valence-corrected chi connectivity index (χ4v) is 4.42. The van der Waals surface area contributed by atoms with Crippen LogP contribution in [0.5, 0.6) is 5.75 Å². The molecular weight excluding hydrogens is 306 g/mol. The standard InChI is InChI=1S/C19H23NO4/c1-11-6-7-13(24-5)12(10-11)20-16(23)19-9-8-18(4,17(19,2)3)14(21)15(19)22/h6-7,10H,8-9H2,1-5H3,(H,20,23)/t18-,19-/m0/s1. The fraction of sp³-hybridized carbons (Fsp3) is 0.526. The number of rotatable bonds is 3. The number of anilines is 1. The van der Waals surface area contributed by atoms with Gasteiger partial charge < -0.3 is 10.1 Å². The second-order valence-corrected chi connectivity index (χ2v) is 7.68. The van der Waals surface area contributed by atoms with Gasteiger partial charge >= 0.3 is 0 Å². The maximum absolute atomic E-state index is 13.1. The van der Waals surface area contributed by atoms with E-state index in [1.54, 1.807) is 12.1 Å². The highest BCUT2D eigenvalue weighted by Gasteiger charge is 2.77. The summed E-state index contributed by atoms with van der Waals surface area (Å²) in [6, 6.07) is 5.46. The third-order valence-electron chi connectivity index (χ3n) is 6.53. The molecule has 2 bridgehead atoms. The summed E-state index contributed by atoms with van der Waals surface area (Å²) in [6.07, 6.45) is 0.962. The molecule has 0 heterocycles. The van der Waals surface area contributed by atoms with Crippen LogP contribution in [0, 0.1) is 23.2 Å². The molecule has 0 spiro atoms. The molecule has 1 N–H and O–H groups in total. The first kappa shape index (κ1) is 16.7. The van der Waals surface area contributed by atoms with E-state index in [0.29, 0.717) is 24.3 Å². The summed E-state index contributed by atoms with van der Waals surface area (Å²) >= 11 is 0. The van der Waals surface area contributed by atoms with Gasteiger partial charge in [-0.2, -0.15) is 0 Å². The number of fused-ring (bicyclic) bond motifs is 2. The first-order chi connectivity index (χ1) is 11.1. The number of ketones is 2. The number of nitrogens with one attached hydrogen (secondary N) is 1. The van der Waals surface area contributed by atoms with Gasteiger partial charge in [-0.05, 0) is 42.9 Å². The molecule has 0 radical (unpaired) electrons. The number of benzene rings is 1. The smallest absolute Gasteiger partial charge is 0.239 e. The quantitative estimate of drug-likeness (QED) is 0.683. The third-order valence-corrected chi connectivity index (χ3v) is 6.53. The Labute approximate surface area is 141 Å². The van der Waals surface area contributed by atoms with Gasteiger partial charge in [-0.1, -0.05) is 26.8 Å². The van der Waals surface area contributed by atoms with E-state index in [1.807, 2.05) is 33.8 Å². The van der Waals surface area contributed by atoms with Gasteiger partial charge in [-0.25, -0.2) is 0 Å². The predicted molar refractivity (Wildman–Crippen MR) is 89.9 cm³/mol. The van der Waals surface area contributed by atoms with Crippen molar-refractivity contribution in [3.8, 4) is 5.75 Å². The van der Waals surface area contributed by atoms with Gasteiger partial charge in [-0.15, -0.1) is 0 Å². The Morgan fingerprint density at radius 2 is 1.79 bits per heavy atom. The van der Waals surface area contributed by atoms with E-state index in [2.05, 4.69) is 5.32 Å². The van der Waals surface area contributed by atoms with Gasteiger partial charge in [-0.3, -0.25) is 14.4 Å². The molecule has 5 nitrogen and oxygen atoms in total. The summed E-state index contributed by atoms with van der Waals surface area (Å²) in [7, 11) is 1.53. The molecule has 1 amide bonds. The van der Waals surface area contributed by atoms with E-state index >= 15 is 0 Å². The van der Waals surface area contributed by atoms with E-state index in [9.17, 15) is 14.4 Å². The van der Waals surface area contributed by atoms with Crippen molar-refractivity contribution in [2.45, 2.75) is 40.5 Å². The van der Waals surface area contributed by atoms with Crippen LogP contribution in [0.1, 0.15) is 39.2 Å². The minimum absolute atomic E-state index is 0.404. The van der Waals surface area contributed by atoms with Crippen LogP contribution < -0.4 is 10.1 Å². The Balaban J connectivity index is 2.03. The first-order valence-corrected chi connectivity index (χ1v) is 8.17. The summed E-state index contributed by atoms with van der Waals surface area (Å²) in [5, 5.41) is 2.85. The van der Waals surface area contributed by atoms with Crippen LogP contribution in [0.25, 0.3) is 0 Å². The van der Waals surface area contributed by atoms with Gasteiger partial charge in [0.1, 0.15) is 11.2 Å². The molecule has 3 rings (SSSR count). The molecule has 2 saturated carbocycles. The largest absolute Gasteiger partial charge is 0.495 e. The highest BCUT2D eigenvalue weighted by atomic mass is 16.5. The predicted octanol–water partition coefficient (Wildman–Crippen LogP) is 2.91. The van der Waals surface area contributed by atoms with Gasteiger partial charge in [0.15, 0.2) is 0 Å². The lowest BCUT2D eigenvalue weighted by Gasteiger charge is -2.37. The number of methoxy groups -OCH3 is 1. The summed E-state index contributed by atoms with van der Waals surface area (Å²) < 4.78 is 5.29. The summed E-state index contributed by atoms with van der Waals surface area (Å²) in [5.74, 6) is -0.841. The number of carbonyl (C=O) groups is 3. The van der Waals surface area contributed by atoms with E-state index in [-0.39, 0.29) is 0 Å². The topological polar surface area (TPSA) is 72.5 Å². The number of carbonyl (C=O) groups excluding carboxylic acids is 3. The monoisotopic (exact) mass is 329 g/mol. The van der Waals surface area contributed by atoms with Crippen molar-refractivity contribution in [1.29, 1.82) is 0 Å². The molecule has 24 heavy (non-hydrogen) atoms. The Kier molecular flexibility index (Phi) is 3.41. The van der Waals surface area contributed by atoms with Gasteiger partial charge in [0.05, 0.1) is 12.8 Å². The Bertz CT molecular complexity index is 767. The first-order valence-electron chi connectivity index (χ1n) is 8.17. The number of ether oxygens (including phenoxy) is 1. The zero-order chi connectivity index (χ0) is 17.9. The maximum atomic E-state index is 13.1. The van der Waals surface area contributed by atoms with Crippen molar-refractivity contribution < 1.29 is 19.1 Å². The molecular formula is C19H23NO4. The zero-order valence-corrected chi connectivity index (χ0v) is 14.8. The maximum Gasteiger partial charge on any atom is 0.239 e. The van der Waals surface area contributed by atoms with E-state index in [1.165, 1.54) is 7.11 Å². The fourth-order valence-electron chi connectivity index (χ4n) is 4.42. The average molecular weight is 329 g/mol. The van der Waals surface area contributed by atoms with Crippen LogP contribution in [-0.4, -0.2) is 24.6 Å². The van der Waals surface area contributed by atoms with Gasteiger partial charge in [0, 0.05) is 5.41 Å². The third kappa shape index (κ3) is 1.73. The number of Topliss-reactive ketones (excluding diaryl/α,β-unsaturated/α-hetero) is 2. The van der Waals surface area contributed by atoms with Gasteiger partial charge in [0.25, 0.3) is 0 Å². The molecule has 5 heteroatoms. The molecule has 0 aromatic heterocycles. The summed E-state index contributed by atoms with van der Waals surface area (Å²) in [4.78, 5) is 38.4. The highest BCUT2D eigenvalue weighted by molar-refractivity contribution is 6.49. The van der Waals surface area contributed by atoms with Crippen molar-refractivity contribution in [1.82, 2.24) is 0 Å². The van der Waals surface area contributed by atoms with E-state index < -0.39 is 33.7 Å². The SMILES string of the molecule is COc1ccc(C)cc1NC(=O)[C@]12CC[C@@](C)(C(=O)C1=O)C2(C)C. The number of hydrogen-bond acceptors (Lipinski definition) is 4. The molecule has 2 atom stereocenters. The van der Waals surface area contributed by atoms with Crippen LogP contribution in [-0.2, 0) is 14.4 Å². The van der Waals surface area contributed by atoms with Crippen molar-refractivity contribution in [3.63, 3.8) is 0 Å². The Hall–Kier alpha value is -2.17. The molecule has 0 unspecified atom stereocenters. The van der Waals surface area contributed by atoms with Crippen molar-refractivity contribution >= 4 is 23.2 Å². The molecule has 2 fully saturated rings. The van der Waals surface area contributed by atoms with Crippen molar-refractivity contribution in [2.75, 3.05) is 12.4 Å². The van der Waals surface area contributed by atoms with Crippen LogP contribution in [0.4, 0.5) is 5.69 Å². The van der Waals surface area contributed by atoms with Crippen LogP contribution >= 0.6 is 0 Å². The highest BCUT2D eigenvalue weighted by Crippen LogP contribution is 2.69. The number of amides is 1. The summed E-state index contributed by atoms with van der Waals surface area (Å²) in [6.45, 7) is 7.43. The number of hydrogen-bond donors (Lipinski definition) is 1. The summed E-state index contributed by atoms with van der Waals surface area (Å²) in [5.41, 5.74) is -1.29. The zero-order valence-electron chi connectivity index (χ0n) is 14.8. The van der Waals surface area contributed by atoms with E-state index in [4.69, 9.17) is 4.74 Å². The van der Waals surface area contributed by atoms with Crippen LogP contribution in [0.15, 0.2) is 18.2 Å². The lowest BCUT2D eigenvalue weighted by atomic mass is 9.64. The second kappa shape index (κ2) is 4.91. The van der Waals surface area contributed by atoms with Crippen LogP contribution in [0.3, 0.4) is 0 Å². The van der Waals surface area contributed by atoms with E-state index in [0.717, 1.165) is 5.56 Å². The Morgan fingerprint density at radius 1 is 1.12 bits per heavy atom. The molecule has 2 aliphatic rings. The lowest BCUT2D eigenvalue weighted by molar-refractivity contribution is -0.147. The van der Waals surface area contributed by atoms with Gasteiger partial charge in [0.2, 0.25) is 17.5 Å². The molecule has 2 aliphatic carbocycles. The lowest BCUT2D eigenvalue weighted by Crippen LogP contribution is -2.47. The van der Waals surface area contributed by atoms with Crippen molar-refractivity contribution in [3.05, 3.63) is 23.8 Å². The molecule has 0 aliphatic heterocycles. The number of aryl methyl sites for hydroxylation is 1.